The fraction of sp³-hybridized carbons (Fsp3) is 0.850. The van der Waals surface area contributed by atoms with Crippen molar-refractivity contribution in [2.45, 2.75) is 156 Å². The molecule has 0 aromatic heterocycles. The van der Waals surface area contributed by atoms with Crippen LogP contribution in [0.25, 0.3) is 0 Å². The van der Waals surface area contributed by atoms with Crippen molar-refractivity contribution >= 4 is 59.0 Å². The summed E-state index contributed by atoms with van der Waals surface area (Å²) in [6.07, 6.45) is 3.46. The van der Waals surface area contributed by atoms with Crippen LogP contribution in [0.5, 0.6) is 0 Å². The van der Waals surface area contributed by atoms with Crippen molar-refractivity contribution in [1.29, 1.82) is 0 Å². The van der Waals surface area contributed by atoms with Crippen LogP contribution in [0.1, 0.15) is 134 Å². The zero-order valence-electron chi connectivity index (χ0n) is 36.0. The lowest BCUT2D eigenvalue weighted by atomic mass is 9.73. The summed E-state index contributed by atoms with van der Waals surface area (Å²) in [5.74, 6) is -1.01. The van der Waals surface area contributed by atoms with E-state index in [-0.39, 0.29) is 75.0 Å². The molecule has 15 heteroatoms. The van der Waals surface area contributed by atoms with E-state index >= 15 is 0 Å². The predicted molar refractivity (Wildman–Crippen MR) is 225 cm³/mol. The number of rotatable bonds is 30. The third kappa shape index (κ3) is 26.1. The van der Waals surface area contributed by atoms with E-state index in [9.17, 15) is 33.9 Å². The van der Waals surface area contributed by atoms with Gasteiger partial charge in [0.2, 0.25) is 29.5 Å². The van der Waals surface area contributed by atoms with Gasteiger partial charge < -0.3 is 36.0 Å². The highest BCUT2D eigenvalue weighted by atomic mass is 32.2. The van der Waals surface area contributed by atoms with Crippen molar-refractivity contribution in [2.24, 2.45) is 10.8 Å². The van der Waals surface area contributed by atoms with Crippen molar-refractivity contribution in [3.63, 3.8) is 0 Å². The number of nitrogens with one attached hydrogen (secondary N) is 4. The molecule has 0 unspecified atom stereocenters. The standard InChI is InChI=1S/C40H75N5O8S2/c1-13-30(14-2)55-27-33(48)42-21-23-45(22-20-41-32(47)26-54-29(3)4)34(49)16-15-31(46)44-39(9,10)18-24-53-40(11,12)17-19-43-36(52)38(7,8)28-37(5,6)25-35(50)51/h29-30H,13-28H2,1-12H3,(H,41,47)(H,42,48)(H,43,52)(H,44,46)(H,50,51). The summed E-state index contributed by atoms with van der Waals surface area (Å²) in [6, 6.07) is 0. The average Bonchev–Trinajstić information content (AvgIpc) is 3.04. The Balaban J connectivity index is 4.96. The molecule has 0 spiro atoms. The van der Waals surface area contributed by atoms with Gasteiger partial charge in [-0.15, -0.1) is 23.5 Å². The van der Waals surface area contributed by atoms with Gasteiger partial charge in [-0.3, -0.25) is 28.8 Å². The number of hydrogen-bond donors (Lipinski definition) is 5. The number of nitrogens with zero attached hydrogens (tertiary/aromatic N) is 1. The quantitative estimate of drug-likeness (QED) is 0.0630. The minimum atomic E-state index is -0.886. The summed E-state index contributed by atoms with van der Waals surface area (Å²) in [5, 5.41) is 21.7. The Morgan fingerprint density at radius 3 is 1.78 bits per heavy atom. The van der Waals surface area contributed by atoms with E-state index in [1.165, 1.54) is 11.8 Å². The number of carbonyl (C=O) groups excluding carboxylic acids is 5. The maximum Gasteiger partial charge on any atom is 0.303 e. The molecule has 13 nitrogen and oxygen atoms in total. The molecule has 0 aliphatic heterocycles. The molecule has 0 atom stereocenters. The summed E-state index contributed by atoms with van der Waals surface area (Å²) in [5.41, 5.74) is -2.41. The van der Waals surface area contributed by atoms with Gasteiger partial charge in [0.25, 0.3) is 0 Å². The van der Waals surface area contributed by atoms with Crippen LogP contribution in [0.4, 0.5) is 0 Å². The zero-order valence-corrected chi connectivity index (χ0v) is 37.7. The van der Waals surface area contributed by atoms with E-state index in [4.69, 9.17) is 4.74 Å². The molecule has 0 saturated heterocycles. The van der Waals surface area contributed by atoms with Crippen molar-refractivity contribution in [3.05, 3.63) is 0 Å². The molecule has 0 rings (SSSR count). The zero-order chi connectivity index (χ0) is 42.5. The molecule has 0 aliphatic rings. The molecule has 0 radical (unpaired) electrons. The monoisotopic (exact) mass is 818 g/mol. The molecular formula is C40H75N5O8S2. The second kappa shape index (κ2) is 25.7. The van der Waals surface area contributed by atoms with Crippen LogP contribution in [-0.4, -0.2) is 118 Å². The summed E-state index contributed by atoms with van der Waals surface area (Å²) in [6.45, 7) is 25.1. The third-order valence-corrected chi connectivity index (χ3v) is 11.8. The summed E-state index contributed by atoms with van der Waals surface area (Å²) in [7, 11) is 0. The molecule has 0 fully saturated rings. The molecule has 0 bridgehead atoms. The minimum Gasteiger partial charge on any atom is -0.481 e. The maximum absolute atomic E-state index is 13.3. The fourth-order valence-electron chi connectivity index (χ4n) is 6.08. The van der Waals surface area contributed by atoms with Crippen LogP contribution in [0.15, 0.2) is 0 Å². The molecule has 0 aromatic carbocycles. The first-order chi connectivity index (χ1) is 25.3. The van der Waals surface area contributed by atoms with Crippen LogP contribution in [-0.2, 0) is 33.5 Å². The Labute approximate surface area is 340 Å². The van der Waals surface area contributed by atoms with Crippen LogP contribution < -0.4 is 21.3 Å². The average molecular weight is 818 g/mol. The number of amides is 5. The van der Waals surface area contributed by atoms with Gasteiger partial charge in [0, 0.05) is 68.4 Å². The van der Waals surface area contributed by atoms with Crippen LogP contribution in [0.3, 0.4) is 0 Å². The highest BCUT2D eigenvalue weighted by Gasteiger charge is 2.36. The number of carboxylic acids is 1. The van der Waals surface area contributed by atoms with Crippen molar-refractivity contribution in [3.8, 4) is 0 Å². The van der Waals surface area contributed by atoms with Crippen molar-refractivity contribution < 1.29 is 38.6 Å². The summed E-state index contributed by atoms with van der Waals surface area (Å²) < 4.78 is 6.15. The normalized spacial score (nSPS) is 12.4. The lowest BCUT2D eigenvalue weighted by molar-refractivity contribution is -0.141. The fourth-order valence-corrected chi connectivity index (χ4v) is 7.63. The van der Waals surface area contributed by atoms with E-state index in [1.54, 1.807) is 16.7 Å². The number of aliphatic carboxylic acids is 1. The van der Waals surface area contributed by atoms with Crippen LogP contribution in [0.2, 0.25) is 0 Å². The highest BCUT2D eigenvalue weighted by Crippen LogP contribution is 2.36. The van der Waals surface area contributed by atoms with E-state index in [1.807, 2.05) is 69.2 Å². The number of thioether (sulfide) groups is 2. The summed E-state index contributed by atoms with van der Waals surface area (Å²) >= 11 is 3.16. The lowest BCUT2D eigenvalue weighted by Crippen LogP contribution is -2.46. The molecule has 5 amide bonds. The second-order valence-electron chi connectivity index (χ2n) is 17.3. The number of carboxylic acid groups (broad SMARTS) is 1. The Morgan fingerprint density at radius 2 is 1.27 bits per heavy atom. The third-order valence-electron chi connectivity index (χ3n) is 9.11. The first-order valence-corrected chi connectivity index (χ1v) is 21.9. The van der Waals surface area contributed by atoms with Gasteiger partial charge in [-0.2, -0.15) is 0 Å². The first kappa shape index (κ1) is 52.5. The highest BCUT2D eigenvalue weighted by molar-refractivity contribution is 8.00. The molecule has 0 aliphatic carbocycles. The second-order valence-corrected chi connectivity index (χ2v) is 20.1. The Morgan fingerprint density at radius 1 is 0.727 bits per heavy atom. The van der Waals surface area contributed by atoms with Crippen LogP contribution >= 0.6 is 23.5 Å². The molecular weight excluding hydrogens is 743 g/mol. The van der Waals surface area contributed by atoms with Gasteiger partial charge in [-0.1, -0.05) is 55.4 Å². The largest absolute Gasteiger partial charge is 0.481 e. The molecule has 0 aromatic rings. The predicted octanol–water partition coefficient (Wildman–Crippen LogP) is 5.39. The molecule has 0 heterocycles. The van der Waals surface area contributed by atoms with E-state index < -0.39 is 27.9 Å². The minimum absolute atomic E-state index is 0.00946. The van der Waals surface area contributed by atoms with Gasteiger partial charge >= 0.3 is 5.97 Å². The molecule has 5 N–H and O–H groups in total. The Kier molecular flexibility index (Phi) is 24.5. The van der Waals surface area contributed by atoms with Gasteiger partial charge in [-0.05, 0) is 70.5 Å². The number of hydrogen-bond acceptors (Lipinski definition) is 9. The molecule has 0 saturated carbocycles. The van der Waals surface area contributed by atoms with Crippen molar-refractivity contribution in [1.82, 2.24) is 26.2 Å². The maximum atomic E-state index is 13.3. The Bertz CT molecular complexity index is 1220. The van der Waals surface area contributed by atoms with Gasteiger partial charge in [0.15, 0.2) is 0 Å². The SMILES string of the molecule is CCC(CC)SCC(=O)NCCN(CCNC(=O)CSC(C)C)C(=O)CCC(=O)NC(C)(C)CCOC(C)(C)CCNC(=O)C(C)(C)CC(C)(C)CC(=O)O. The smallest absolute Gasteiger partial charge is 0.303 e. The van der Waals surface area contributed by atoms with Gasteiger partial charge in [0.05, 0.1) is 23.5 Å². The lowest BCUT2D eigenvalue weighted by Gasteiger charge is -2.34. The molecule has 55 heavy (non-hydrogen) atoms. The number of carbonyl (C=O) groups is 6. The molecule has 320 valence electrons. The summed E-state index contributed by atoms with van der Waals surface area (Å²) in [4.78, 5) is 76.7. The van der Waals surface area contributed by atoms with Gasteiger partial charge in [0.1, 0.15) is 0 Å². The topological polar surface area (TPSA) is 183 Å². The van der Waals surface area contributed by atoms with Crippen molar-refractivity contribution in [2.75, 3.05) is 50.8 Å². The van der Waals surface area contributed by atoms with Gasteiger partial charge in [-0.25, -0.2) is 0 Å². The van der Waals surface area contributed by atoms with E-state index in [0.29, 0.717) is 54.4 Å². The first-order valence-electron chi connectivity index (χ1n) is 19.8. The van der Waals surface area contributed by atoms with Crippen LogP contribution in [0, 0.1) is 10.8 Å². The Hall–Kier alpha value is -2.52. The van der Waals surface area contributed by atoms with E-state index in [2.05, 4.69) is 35.1 Å². The number of ether oxygens (including phenoxy) is 1. The van der Waals surface area contributed by atoms with E-state index in [0.717, 1.165) is 12.8 Å².